The zero-order chi connectivity index (χ0) is 20.0. The molecule has 2 aromatic rings. The normalized spacial score (nSPS) is 11.3. The molecule has 27 heavy (non-hydrogen) atoms. The third-order valence-electron chi connectivity index (χ3n) is 3.69. The largest absolute Gasteiger partial charge is 0.325 e. The minimum absolute atomic E-state index is 0.152. The van der Waals surface area contributed by atoms with Crippen molar-refractivity contribution in [1.82, 2.24) is 0 Å². The van der Waals surface area contributed by atoms with Gasteiger partial charge in [0, 0.05) is 11.4 Å². The number of rotatable bonds is 7. The number of nitrogens with one attached hydrogen (secondary N) is 2. The Balaban J connectivity index is 1.96. The lowest BCUT2D eigenvalue weighted by molar-refractivity contribution is -0.114. The molecule has 0 aliphatic carbocycles. The quantitative estimate of drug-likeness (QED) is 0.758. The SMILES string of the molecule is CC(C)c1ccccc1NC(=O)CS(=O)(=O)CC(=O)Nc1ccc(F)cc1. The third-order valence-corrected chi connectivity index (χ3v) is 5.09. The number of carbonyl (C=O) groups is 2. The molecular formula is C19H21FN2O4S. The molecule has 0 spiro atoms. The van der Waals surface area contributed by atoms with Crippen LogP contribution in [0.2, 0.25) is 0 Å². The Hall–Kier alpha value is -2.74. The van der Waals surface area contributed by atoms with E-state index in [9.17, 15) is 22.4 Å². The highest BCUT2D eigenvalue weighted by molar-refractivity contribution is 7.92. The van der Waals surface area contributed by atoms with Crippen LogP contribution in [0.15, 0.2) is 48.5 Å². The minimum atomic E-state index is -3.96. The molecule has 0 heterocycles. The van der Waals surface area contributed by atoms with Crippen molar-refractivity contribution in [2.24, 2.45) is 0 Å². The number of halogens is 1. The van der Waals surface area contributed by atoms with Crippen LogP contribution in [0.5, 0.6) is 0 Å². The second-order valence-corrected chi connectivity index (χ2v) is 8.44. The van der Waals surface area contributed by atoms with Crippen molar-refractivity contribution in [2.45, 2.75) is 19.8 Å². The number of carbonyl (C=O) groups excluding carboxylic acids is 2. The maximum atomic E-state index is 12.8. The number of sulfone groups is 1. The summed E-state index contributed by atoms with van der Waals surface area (Å²) in [6.07, 6.45) is 0. The van der Waals surface area contributed by atoms with E-state index in [4.69, 9.17) is 0 Å². The van der Waals surface area contributed by atoms with Crippen LogP contribution in [-0.4, -0.2) is 31.7 Å². The zero-order valence-corrected chi connectivity index (χ0v) is 15.8. The summed E-state index contributed by atoms with van der Waals surface area (Å²) in [7, 11) is -3.96. The van der Waals surface area contributed by atoms with Crippen molar-refractivity contribution in [3.63, 3.8) is 0 Å². The first kappa shape index (κ1) is 20.6. The zero-order valence-electron chi connectivity index (χ0n) is 15.0. The van der Waals surface area contributed by atoms with E-state index in [2.05, 4.69) is 10.6 Å². The maximum absolute atomic E-state index is 12.8. The van der Waals surface area contributed by atoms with Gasteiger partial charge >= 0.3 is 0 Å². The first-order valence-electron chi connectivity index (χ1n) is 8.31. The molecule has 0 saturated heterocycles. The molecule has 144 valence electrons. The van der Waals surface area contributed by atoms with E-state index < -0.39 is 39.0 Å². The van der Waals surface area contributed by atoms with Crippen molar-refractivity contribution in [3.05, 3.63) is 59.9 Å². The lowest BCUT2D eigenvalue weighted by atomic mass is 10.0. The fraction of sp³-hybridized carbons (Fsp3) is 0.263. The molecule has 0 radical (unpaired) electrons. The summed E-state index contributed by atoms with van der Waals surface area (Å²) in [6, 6.07) is 12.0. The highest BCUT2D eigenvalue weighted by Crippen LogP contribution is 2.23. The van der Waals surface area contributed by atoms with Crippen LogP contribution in [0.25, 0.3) is 0 Å². The molecule has 0 atom stereocenters. The lowest BCUT2D eigenvalue weighted by Gasteiger charge is -2.13. The van der Waals surface area contributed by atoms with Gasteiger partial charge in [0.2, 0.25) is 11.8 Å². The number of anilines is 2. The van der Waals surface area contributed by atoms with Gasteiger partial charge in [-0.1, -0.05) is 32.0 Å². The number of hydrogen-bond donors (Lipinski definition) is 2. The highest BCUT2D eigenvalue weighted by Gasteiger charge is 2.21. The van der Waals surface area contributed by atoms with Gasteiger partial charge in [0.05, 0.1) is 0 Å². The molecule has 2 aromatic carbocycles. The molecule has 2 rings (SSSR count). The molecule has 2 N–H and O–H groups in total. The number of benzene rings is 2. The molecule has 0 bridgehead atoms. The summed E-state index contributed by atoms with van der Waals surface area (Å²) in [5, 5.41) is 4.94. The van der Waals surface area contributed by atoms with Gasteiger partial charge in [-0.05, 0) is 41.8 Å². The van der Waals surface area contributed by atoms with Crippen LogP contribution in [0.1, 0.15) is 25.3 Å². The third kappa shape index (κ3) is 6.49. The van der Waals surface area contributed by atoms with Crippen molar-refractivity contribution in [2.75, 3.05) is 22.1 Å². The van der Waals surface area contributed by atoms with Gasteiger partial charge < -0.3 is 10.6 Å². The lowest BCUT2D eigenvalue weighted by Crippen LogP contribution is -2.30. The highest BCUT2D eigenvalue weighted by atomic mass is 32.2. The van der Waals surface area contributed by atoms with Crippen molar-refractivity contribution >= 4 is 33.0 Å². The predicted octanol–water partition coefficient (Wildman–Crippen LogP) is 2.94. The van der Waals surface area contributed by atoms with Gasteiger partial charge in [0.25, 0.3) is 0 Å². The molecule has 0 aliphatic heterocycles. The maximum Gasteiger partial charge on any atom is 0.239 e. The smallest absolute Gasteiger partial charge is 0.239 e. The fourth-order valence-electron chi connectivity index (χ4n) is 2.48. The molecule has 0 aromatic heterocycles. The molecule has 2 amide bonds. The average molecular weight is 392 g/mol. The standard InChI is InChI=1S/C19H21FN2O4S/c1-13(2)16-5-3-4-6-17(16)22-19(24)12-27(25,26)11-18(23)21-15-9-7-14(20)8-10-15/h3-10,13H,11-12H2,1-2H3,(H,21,23)(H,22,24). The van der Waals surface area contributed by atoms with Crippen molar-refractivity contribution in [1.29, 1.82) is 0 Å². The Morgan fingerprint density at radius 3 is 2.07 bits per heavy atom. The molecular weight excluding hydrogens is 371 g/mol. The topological polar surface area (TPSA) is 92.3 Å². The second kappa shape index (κ2) is 8.77. The van der Waals surface area contributed by atoms with E-state index in [1.54, 1.807) is 12.1 Å². The van der Waals surface area contributed by atoms with Crippen LogP contribution >= 0.6 is 0 Å². The Kier molecular flexibility index (Phi) is 6.68. The second-order valence-electron chi connectivity index (χ2n) is 6.38. The first-order chi connectivity index (χ1) is 12.7. The monoisotopic (exact) mass is 392 g/mol. The van der Waals surface area contributed by atoms with Crippen LogP contribution in [0, 0.1) is 5.82 Å². The molecule has 0 fully saturated rings. The summed E-state index contributed by atoms with van der Waals surface area (Å²) in [6.45, 7) is 3.92. The van der Waals surface area contributed by atoms with Gasteiger partial charge in [0.1, 0.15) is 17.3 Å². The van der Waals surface area contributed by atoms with E-state index in [1.165, 1.54) is 12.1 Å². The van der Waals surface area contributed by atoms with Crippen LogP contribution in [0.3, 0.4) is 0 Å². The summed E-state index contributed by atoms with van der Waals surface area (Å²) < 4.78 is 37.1. The Morgan fingerprint density at radius 2 is 1.48 bits per heavy atom. The Labute approximate surface area is 157 Å². The number of para-hydroxylation sites is 1. The Morgan fingerprint density at radius 1 is 0.926 bits per heavy atom. The van der Waals surface area contributed by atoms with E-state index in [-0.39, 0.29) is 11.6 Å². The van der Waals surface area contributed by atoms with Crippen molar-refractivity contribution in [3.8, 4) is 0 Å². The minimum Gasteiger partial charge on any atom is -0.325 e. The molecule has 0 unspecified atom stereocenters. The predicted molar refractivity (Wildman–Crippen MR) is 103 cm³/mol. The Bertz CT molecular complexity index is 925. The molecule has 6 nitrogen and oxygen atoms in total. The summed E-state index contributed by atoms with van der Waals surface area (Å²) >= 11 is 0. The fourth-order valence-corrected chi connectivity index (χ4v) is 3.53. The number of amides is 2. The van der Waals surface area contributed by atoms with Crippen LogP contribution < -0.4 is 10.6 Å². The van der Waals surface area contributed by atoms with Crippen molar-refractivity contribution < 1.29 is 22.4 Å². The van der Waals surface area contributed by atoms with Gasteiger partial charge in [-0.25, -0.2) is 12.8 Å². The van der Waals surface area contributed by atoms with Gasteiger partial charge in [-0.3, -0.25) is 9.59 Å². The van der Waals surface area contributed by atoms with E-state index in [0.717, 1.165) is 17.7 Å². The molecule has 8 heteroatoms. The summed E-state index contributed by atoms with van der Waals surface area (Å²) in [5.74, 6) is -3.48. The van der Waals surface area contributed by atoms with E-state index in [0.29, 0.717) is 5.69 Å². The van der Waals surface area contributed by atoms with Crippen LogP contribution in [-0.2, 0) is 19.4 Å². The number of hydrogen-bond acceptors (Lipinski definition) is 4. The van der Waals surface area contributed by atoms with Gasteiger partial charge in [-0.15, -0.1) is 0 Å². The molecule has 0 saturated carbocycles. The van der Waals surface area contributed by atoms with Gasteiger partial charge in [-0.2, -0.15) is 0 Å². The average Bonchev–Trinajstić information content (AvgIpc) is 2.56. The summed E-state index contributed by atoms with van der Waals surface area (Å²) in [5.41, 5.74) is 1.70. The summed E-state index contributed by atoms with van der Waals surface area (Å²) in [4.78, 5) is 24.0. The van der Waals surface area contributed by atoms with E-state index >= 15 is 0 Å². The molecule has 0 aliphatic rings. The van der Waals surface area contributed by atoms with E-state index in [1.807, 2.05) is 26.0 Å². The first-order valence-corrected chi connectivity index (χ1v) is 10.1. The van der Waals surface area contributed by atoms with Crippen LogP contribution in [0.4, 0.5) is 15.8 Å². The van der Waals surface area contributed by atoms with Gasteiger partial charge in [0.15, 0.2) is 9.84 Å².